The highest BCUT2D eigenvalue weighted by atomic mass is 19.4. The van der Waals surface area contributed by atoms with Gasteiger partial charge in [0.05, 0.1) is 5.56 Å². The molecule has 0 saturated carbocycles. The van der Waals surface area contributed by atoms with Crippen LogP contribution in [0, 0.1) is 0 Å². The number of nitrogen functional groups attached to an aromatic ring is 1. The fourth-order valence-electron chi connectivity index (χ4n) is 2.94. The lowest BCUT2D eigenvalue weighted by atomic mass is 10.1. The lowest BCUT2D eigenvalue weighted by molar-refractivity contribution is -0.137. The minimum atomic E-state index is -4.44. The number of anilines is 2. The Bertz CT molecular complexity index is 948. The van der Waals surface area contributed by atoms with Gasteiger partial charge < -0.3 is 16.4 Å². The van der Waals surface area contributed by atoms with Crippen molar-refractivity contribution in [2.45, 2.75) is 25.8 Å². The van der Waals surface area contributed by atoms with Crippen molar-refractivity contribution < 1.29 is 13.2 Å². The molecule has 25 heavy (non-hydrogen) atoms. The molecule has 4 N–H and O–H groups in total. The molecule has 0 atom stereocenters. The highest BCUT2D eigenvalue weighted by Gasteiger charge is 2.31. The van der Waals surface area contributed by atoms with Crippen LogP contribution in [0.4, 0.5) is 24.7 Å². The summed E-state index contributed by atoms with van der Waals surface area (Å²) < 4.78 is 40.5. The van der Waals surface area contributed by atoms with Gasteiger partial charge in [0, 0.05) is 36.6 Å². The summed E-state index contributed by atoms with van der Waals surface area (Å²) in [6.07, 6.45) is -2.85. The largest absolute Gasteiger partial charge is 0.416 e. The molecule has 0 spiro atoms. The van der Waals surface area contributed by atoms with Crippen LogP contribution in [0.1, 0.15) is 22.4 Å². The molecule has 3 aromatic rings. The summed E-state index contributed by atoms with van der Waals surface area (Å²) in [5.74, 6) is 1.02. The zero-order valence-electron chi connectivity index (χ0n) is 12.9. The Labute approximate surface area is 140 Å². The average molecular weight is 349 g/mol. The lowest BCUT2D eigenvalue weighted by Gasteiger charge is -2.13. The van der Waals surface area contributed by atoms with E-state index in [0.717, 1.165) is 23.4 Å². The smallest absolute Gasteiger partial charge is 0.399 e. The second-order valence-electron chi connectivity index (χ2n) is 5.80. The number of hydrogen-bond donors (Lipinski definition) is 3. The van der Waals surface area contributed by atoms with Crippen molar-refractivity contribution in [1.82, 2.24) is 24.9 Å². The van der Waals surface area contributed by atoms with Gasteiger partial charge in [-0.15, -0.1) is 10.2 Å². The van der Waals surface area contributed by atoms with Crippen LogP contribution in [0.2, 0.25) is 0 Å². The van der Waals surface area contributed by atoms with Gasteiger partial charge in [0.1, 0.15) is 12.1 Å². The van der Waals surface area contributed by atoms with E-state index in [9.17, 15) is 13.2 Å². The van der Waals surface area contributed by atoms with Gasteiger partial charge >= 0.3 is 6.18 Å². The van der Waals surface area contributed by atoms with Crippen molar-refractivity contribution in [3.05, 3.63) is 46.9 Å². The summed E-state index contributed by atoms with van der Waals surface area (Å²) in [5, 5.41) is 14.1. The maximum absolute atomic E-state index is 12.9. The molecule has 0 bridgehead atoms. The maximum Gasteiger partial charge on any atom is 0.416 e. The minimum Gasteiger partial charge on any atom is -0.399 e. The molecule has 4 rings (SSSR count). The first-order valence-corrected chi connectivity index (χ1v) is 7.54. The Morgan fingerprint density at radius 1 is 1.24 bits per heavy atom. The van der Waals surface area contributed by atoms with E-state index >= 15 is 0 Å². The van der Waals surface area contributed by atoms with Crippen molar-refractivity contribution >= 4 is 17.3 Å². The van der Waals surface area contributed by atoms with Crippen LogP contribution in [0.15, 0.2) is 24.5 Å². The second kappa shape index (κ2) is 5.59. The van der Waals surface area contributed by atoms with Crippen LogP contribution in [-0.4, -0.2) is 19.6 Å². The van der Waals surface area contributed by atoms with Gasteiger partial charge in [0.15, 0.2) is 0 Å². The molecule has 1 aliphatic rings. The predicted molar refractivity (Wildman–Crippen MR) is 84.5 cm³/mol. The second-order valence-corrected chi connectivity index (χ2v) is 5.80. The number of benzene rings is 1. The number of alkyl halides is 3. The van der Waals surface area contributed by atoms with Crippen molar-refractivity contribution in [2.24, 2.45) is 0 Å². The molecule has 0 unspecified atom stereocenters. The van der Waals surface area contributed by atoms with E-state index < -0.39 is 11.7 Å². The van der Waals surface area contributed by atoms with Crippen molar-refractivity contribution in [3.63, 3.8) is 0 Å². The molecular formula is C15H14F3N7. The molecular weight excluding hydrogens is 335 g/mol. The van der Waals surface area contributed by atoms with Gasteiger partial charge in [-0.2, -0.15) is 18.2 Å². The molecule has 7 nitrogen and oxygen atoms in total. The van der Waals surface area contributed by atoms with Crippen LogP contribution in [0.5, 0.6) is 0 Å². The fraction of sp³-hybridized carbons (Fsp3) is 0.267. The van der Waals surface area contributed by atoms with Crippen molar-refractivity contribution in [3.8, 4) is 0 Å². The molecule has 2 aromatic heterocycles. The Morgan fingerprint density at radius 3 is 2.88 bits per heavy atom. The molecule has 1 aliphatic heterocycles. The van der Waals surface area contributed by atoms with Gasteiger partial charge in [-0.05, 0) is 23.8 Å². The number of nitrogens with two attached hydrogens (primary N) is 1. The molecule has 0 aliphatic carbocycles. The maximum atomic E-state index is 12.9. The molecule has 3 heterocycles. The first-order valence-electron chi connectivity index (χ1n) is 7.54. The minimum absolute atomic E-state index is 0.0689. The monoisotopic (exact) mass is 349 g/mol. The standard InChI is InChI=1S/C15H14F3N7/c16-15(17,18)9-1-8(2-10(19)3-9)4-21-13-11-5-20-6-12(11)25-7-22-24-14(25)23-13/h1-3,7,20H,4-6,19H2,(H,21,23,24). The first kappa shape index (κ1) is 15.6. The molecule has 130 valence electrons. The average Bonchev–Trinajstić information content (AvgIpc) is 3.19. The molecule has 10 heteroatoms. The predicted octanol–water partition coefficient (Wildman–Crippen LogP) is 1.94. The molecule has 0 radical (unpaired) electrons. The van der Waals surface area contributed by atoms with E-state index in [1.54, 1.807) is 10.7 Å². The number of hydrogen-bond acceptors (Lipinski definition) is 6. The number of fused-ring (bicyclic) bond motifs is 3. The Balaban J connectivity index is 1.64. The molecule has 0 fully saturated rings. The van der Waals surface area contributed by atoms with E-state index in [0.29, 0.717) is 30.2 Å². The molecule has 0 saturated heterocycles. The zero-order chi connectivity index (χ0) is 17.6. The van der Waals surface area contributed by atoms with Crippen LogP contribution in [0.25, 0.3) is 5.78 Å². The summed E-state index contributed by atoms with van der Waals surface area (Å²) in [4.78, 5) is 4.40. The Hall–Kier alpha value is -2.88. The highest BCUT2D eigenvalue weighted by Crippen LogP contribution is 2.31. The third-order valence-corrected chi connectivity index (χ3v) is 4.06. The Kier molecular flexibility index (Phi) is 3.49. The summed E-state index contributed by atoms with van der Waals surface area (Å²) >= 11 is 0. The summed E-state index contributed by atoms with van der Waals surface area (Å²) in [5.41, 5.74) is 7.27. The van der Waals surface area contributed by atoms with Crippen LogP contribution < -0.4 is 16.4 Å². The quantitative estimate of drug-likeness (QED) is 0.626. The number of nitrogens with one attached hydrogen (secondary N) is 2. The van der Waals surface area contributed by atoms with E-state index in [4.69, 9.17) is 5.73 Å². The van der Waals surface area contributed by atoms with Gasteiger partial charge in [0.2, 0.25) is 0 Å². The summed E-state index contributed by atoms with van der Waals surface area (Å²) in [7, 11) is 0. The fourth-order valence-corrected chi connectivity index (χ4v) is 2.94. The number of halogens is 3. The van der Waals surface area contributed by atoms with Gasteiger partial charge in [-0.25, -0.2) is 0 Å². The SMILES string of the molecule is Nc1cc(CNc2nc3nncn3c3c2CNC3)cc(C(F)(F)F)c1. The van der Waals surface area contributed by atoms with Gasteiger partial charge in [-0.1, -0.05) is 0 Å². The third kappa shape index (κ3) is 2.84. The summed E-state index contributed by atoms with van der Waals surface area (Å²) in [6.45, 7) is 1.43. The van der Waals surface area contributed by atoms with E-state index in [-0.39, 0.29) is 12.2 Å². The topological polar surface area (TPSA) is 93.2 Å². The van der Waals surface area contributed by atoms with Crippen molar-refractivity contribution in [2.75, 3.05) is 11.1 Å². The molecule has 1 aromatic carbocycles. The van der Waals surface area contributed by atoms with Gasteiger partial charge in [0.25, 0.3) is 5.78 Å². The first-order chi connectivity index (χ1) is 11.9. The molecule has 0 amide bonds. The van der Waals surface area contributed by atoms with Crippen molar-refractivity contribution in [1.29, 1.82) is 0 Å². The zero-order valence-corrected chi connectivity index (χ0v) is 12.9. The number of rotatable bonds is 3. The van der Waals surface area contributed by atoms with Crippen LogP contribution in [0.3, 0.4) is 0 Å². The normalized spacial score (nSPS) is 14.0. The van der Waals surface area contributed by atoms with E-state index in [1.165, 1.54) is 6.07 Å². The van der Waals surface area contributed by atoms with E-state index in [2.05, 4.69) is 25.8 Å². The number of nitrogens with zero attached hydrogens (tertiary/aromatic N) is 4. The lowest BCUT2D eigenvalue weighted by Crippen LogP contribution is -2.10. The number of aromatic nitrogens is 4. The third-order valence-electron chi connectivity index (χ3n) is 4.06. The van der Waals surface area contributed by atoms with Gasteiger partial charge in [-0.3, -0.25) is 4.40 Å². The Morgan fingerprint density at radius 2 is 2.08 bits per heavy atom. The summed E-state index contributed by atoms with van der Waals surface area (Å²) in [6, 6.07) is 3.51. The van der Waals surface area contributed by atoms with Crippen LogP contribution in [-0.2, 0) is 25.8 Å². The van der Waals surface area contributed by atoms with Crippen LogP contribution >= 0.6 is 0 Å². The van der Waals surface area contributed by atoms with E-state index in [1.807, 2.05) is 0 Å². The highest BCUT2D eigenvalue weighted by molar-refractivity contribution is 5.54.